The number of nitrogens with zero attached hydrogens (tertiary/aromatic N) is 1. The van der Waals surface area contributed by atoms with Crippen molar-refractivity contribution in [2.75, 3.05) is 19.9 Å². The van der Waals surface area contributed by atoms with Gasteiger partial charge in [0.2, 0.25) is 0 Å². The summed E-state index contributed by atoms with van der Waals surface area (Å²) in [7, 11) is -2.36. The molecule has 0 aromatic heterocycles. The van der Waals surface area contributed by atoms with E-state index in [4.69, 9.17) is 4.74 Å². The van der Waals surface area contributed by atoms with Gasteiger partial charge in [-0.3, -0.25) is 4.90 Å². The molecule has 2 atom stereocenters. The number of amides is 1. The van der Waals surface area contributed by atoms with E-state index in [0.29, 0.717) is 6.42 Å². The first-order valence-corrected chi connectivity index (χ1v) is 9.36. The Morgan fingerprint density at radius 1 is 1.30 bits per heavy atom. The van der Waals surface area contributed by atoms with Crippen LogP contribution < -0.4 is 0 Å². The second-order valence-corrected chi connectivity index (χ2v) is 10.2. The number of hydrogen-bond donors (Lipinski definition) is 1. The zero-order chi connectivity index (χ0) is 15.7. The monoisotopic (exact) mass is 305 g/mol. The van der Waals surface area contributed by atoms with Crippen molar-refractivity contribution in [2.24, 2.45) is 0 Å². The molecular weight excluding hydrogens is 281 g/mol. The van der Waals surface area contributed by atoms with E-state index in [1.165, 1.54) is 4.90 Å². The first-order chi connectivity index (χ1) is 8.92. The molecule has 1 N–H and O–H groups in total. The summed E-state index contributed by atoms with van der Waals surface area (Å²) in [5.74, 6) is -1.07. The van der Waals surface area contributed by atoms with Gasteiger partial charge >= 0.3 is 12.1 Å². The molecule has 116 valence electrons. The van der Waals surface area contributed by atoms with Crippen LogP contribution in [0.4, 0.5) is 4.79 Å². The van der Waals surface area contributed by atoms with Crippen molar-refractivity contribution in [3.05, 3.63) is 0 Å². The van der Waals surface area contributed by atoms with Crippen molar-refractivity contribution in [2.45, 2.75) is 50.9 Å². The van der Waals surface area contributed by atoms with E-state index in [-0.39, 0.29) is 18.6 Å². The first-order valence-electron chi connectivity index (χ1n) is 6.69. The molecule has 0 unspecified atom stereocenters. The standard InChI is InChI=1S/C13H24NO5P/c1-13(2,3)19-12(17)14-7-6-9(20(4,5)18)8-10(14)11(15)16/h9-10H,6-8H2,1-5H3,(H,15,16)/t9-,10+/m0/s1. The molecule has 1 aliphatic heterocycles. The smallest absolute Gasteiger partial charge is 0.411 e. The number of likely N-dealkylation sites (tertiary alicyclic amines) is 1. The molecule has 0 aromatic carbocycles. The van der Waals surface area contributed by atoms with Crippen molar-refractivity contribution in [3.63, 3.8) is 0 Å². The van der Waals surface area contributed by atoms with E-state index < -0.39 is 30.8 Å². The molecule has 1 aliphatic rings. The molecule has 0 saturated carbocycles. The number of hydrogen-bond acceptors (Lipinski definition) is 4. The second-order valence-electron chi connectivity index (χ2n) is 6.64. The summed E-state index contributed by atoms with van der Waals surface area (Å²) in [6.07, 6.45) is 0.150. The van der Waals surface area contributed by atoms with Gasteiger partial charge in [-0.1, -0.05) is 0 Å². The second kappa shape index (κ2) is 5.76. The molecule has 0 radical (unpaired) electrons. The highest BCUT2D eigenvalue weighted by molar-refractivity contribution is 7.63. The maximum absolute atomic E-state index is 12.1. The highest BCUT2D eigenvalue weighted by Crippen LogP contribution is 2.48. The van der Waals surface area contributed by atoms with Crippen molar-refractivity contribution in [1.82, 2.24) is 4.90 Å². The Balaban J connectivity index is 2.86. The first kappa shape index (κ1) is 17.0. The Morgan fingerprint density at radius 2 is 1.85 bits per heavy atom. The van der Waals surface area contributed by atoms with Gasteiger partial charge in [0.05, 0.1) is 7.14 Å². The summed E-state index contributed by atoms with van der Waals surface area (Å²) in [5.41, 5.74) is -0.816. The molecule has 1 rings (SSSR count). The average molecular weight is 305 g/mol. The van der Waals surface area contributed by atoms with Gasteiger partial charge < -0.3 is 14.4 Å². The van der Waals surface area contributed by atoms with E-state index >= 15 is 0 Å². The minimum Gasteiger partial charge on any atom is -0.480 e. The third-order valence-corrected chi connectivity index (χ3v) is 5.59. The molecule has 1 saturated heterocycles. The summed E-state index contributed by atoms with van der Waals surface area (Å²) in [6, 6.07) is -0.961. The molecular formula is C13H24NO5P. The topological polar surface area (TPSA) is 83.9 Å². The summed E-state index contributed by atoms with van der Waals surface area (Å²) < 4.78 is 17.3. The third-order valence-electron chi connectivity index (χ3n) is 3.37. The van der Waals surface area contributed by atoms with E-state index in [0.717, 1.165) is 0 Å². The number of ether oxygens (including phenoxy) is 1. The van der Waals surface area contributed by atoms with Crippen molar-refractivity contribution in [1.29, 1.82) is 0 Å². The molecule has 6 nitrogen and oxygen atoms in total. The van der Waals surface area contributed by atoms with Gasteiger partial charge in [-0.15, -0.1) is 0 Å². The average Bonchev–Trinajstić information content (AvgIpc) is 2.24. The minimum absolute atomic E-state index is 0.151. The fraction of sp³-hybridized carbons (Fsp3) is 0.846. The molecule has 1 fully saturated rings. The highest BCUT2D eigenvalue weighted by Gasteiger charge is 2.41. The number of aliphatic carboxylic acids is 1. The number of carboxylic acids is 1. The van der Waals surface area contributed by atoms with E-state index in [9.17, 15) is 19.3 Å². The maximum atomic E-state index is 12.1. The van der Waals surface area contributed by atoms with Crippen molar-refractivity contribution < 1.29 is 24.0 Å². The van der Waals surface area contributed by atoms with Crippen molar-refractivity contribution in [3.8, 4) is 0 Å². The van der Waals surface area contributed by atoms with Crippen LogP contribution in [-0.4, -0.2) is 59.2 Å². The fourth-order valence-corrected chi connectivity index (χ4v) is 3.73. The van der Waals surface area contributed by atoms with Gasteiger partial charge in [-0.2, -0.15) is 0 Å². The Bertz CT molecular complexity index is 437. The van der Waals surface area contributed by atoms with Crippen LogP contribution in [0.5, 0.6) is 0 Å². The van der Waals surface area contributed by atoms with Crippen LogP contribution in [0.3, 0.4) is 0 Å². The number of piperidine rings is 1. The lowest BCUT2D eigenvalue weighted by Crippen LogP contribution is -2.52. The Kier molecular flexibility index (Phi) is 4.90. The summed E-state index contributed by atoms with van der Waals surface area (Å²) in [5, 5.41) is 9.30. The summed E-state index contributed by atoms with van der Waals surface area (Å²) in [6.45, 7) is 8.81. The molecule has 1 heterocycles. The summed E-state index contributed by atoms with van der Waals surface area (Å²) >= 11 is 0. The van der Waals surface area contributed by atoms with E-state index in [2.05, 4.69) is 0 Å². The predicted molar refractivity (Wildman–Crippen MR) is 76.8 cm³/mol. The van der Waals surface area contributed by atoms with E-state index in [1.807, 2.05) is 0 Å². The maximum Gasteiger partial charge on any atom is 0.411 e. The summed E-state index contributed by atoms with van der Waals surface area (Å²) in [4.78, 5) is 24.7. The lowest BCUT2D eigenvalue weighted by Gasteiger charge is -2.38. The van der Waals surface area contributed by atoms with Crippen LogP contribution in [-0.2, 0) is 14.1 Å². The molecule has 1 amide bonds. The number of carbonyl (C=O) groups excluding carboxylic acids is 1. The van der Waals surface area contributed by atoms with Gasteiger partial charge in [-0.25, -0.2) is 9.59 Å². The fourth-order valence-electron chi connectivity index (χ4n) is 2.28. The molecule has 0 aromatic rings. The van der Waals surface area contributed by atoms with Crippen molar-refractivity contribution >= 4 is 19.2 Å². The van der Waals surface area contributed by atoms with Crippen LogP contribution in [0, 0.1) is 0 Å². The van der Waals surface area contributed by atoms with Gasteiger partial charge in [0, 0.05) is 12.2 Å². The number of carboxylic acid groups (broad SMARTS) is 1. The zero-order valence-electron chi connectivity index (χ0n) is 12.8. The van der Waals surface area contributed by atoms with E-state index in [1.54, 1.807) is 34.1 Å². The third kappa shape index (κ3) is 4.51. The molecule has 20 heavy (non-hydrogen) atoms. The minimum atomic E-state index is -2.36. The Labute approximate surface area is 119 Å². The van der Waals surface area contributed by atoms with Gasteiger partial charge in [0.1, 0.15) is 11.6 Å². The quantitative estimate of drug-likeness (QED) is 0.792. The molecule has 7 heteroatoms. The molecule has 0 bridgehead atoms. The normalized spacial score (nSPS) is 24.4. The highest BCUT2D eigenvalue weighted by atomic mass is 31.2. The Hall–Kier alpha value is -1.03. The molecule has 0 aliphatic carbocycles. The van der Waals surface area contributed by atoms with Gasteiger partial charge in [-0.05, 0) is 46.9 Å². The van der Waals surface area contributed by atoms with Gasteiger partial charge in [0.15, 0.2) is 0 Å². The van der Waals surface area contributed by atoms with Crippen LogP contribution >= 0.6 is 7.14 Å². The van der Waals surface area contributed by atoms with Crippen LogP contribution in [0.2, 0.25) is 0 Å². The number of rotatable bonds is 2. The number of carbonyl (C=O) groups is 2. The predicted octanol–water partition coefficient (Wildman–Crippen LogP) is 2.46. The Morgan fingerprint density at radius 3 is 2.25 bits per heavy atom. The van der Waals surface area contributed by atoms with Gasteiger partial charge in [0.25, 0.3) is 0 Å². The zero-order valence-corrected chi connectivity index (χ0v) is 13.6. The lowest BCUT2D eigenvalue weighted by atomic mass is 10.0. The van der Waals surface area contributed by atoms with Crippen LogP contribution in [0.15, 0.2) is 0 Å². The van der Waals surface area contributed by atoms with Crippen LogP contribution in [0.1, 0.15) is 33.6 Å². The van der Waals surface area contributed by atoms with Crippen LogP contribution in [0.25, 0.3) is 0 Å². The lowest BCUT2D eigenvalue weighted by molar-refractivity contribution is -0.144. The molecule has 0 spiro atoms. The SMILES string of the molecule is CC(C)(C)OC(=O)N1CC[C@H](P(C)(C)=O)C[C@@H]1C(=O)O. The largest absolute Gasteiger partial charge is 0.480 e.